The van der Waals surface area contributed by atoms with E-state index in [4.69, 9.17) is 14.2 Å². The number of rotatable bonds is 13. The molecule has 6 nitrogen and oxygen atoms in total. The zero-order valence-corrected chi connectivity index (χ0v) is 16.1. The van der Waals surface area contributed by atoms with Crippen molar-refractivity contribution in [3.05, 3.63) is 7.43 Å². The van der Waals surface area contributed by atoms with Gasteiger partial charge in [-0.25, -0.2) is 0 Å². The van der Waals surface area contributed by atoms with Gasteiger partial charge in [0.25, 0.3) is 0 Å². The summed E-state index contributed by atoms with van der Waals surface area (Å²) < 4.78 is 15.3. The Kier molecular flexibility index (Phi) is 28.1. The molecule has 0 rings (SSSR count). The minimum atomic E-state index is 0. The third-order valence-electron chi connectivity index (χ3n) is 1.98. The first-order valence-corrected chi connectivity index (χ1v) is 6.24. The first kappa shape index (κ1) is 25.6. The van der Waals surface area contributed by atoms with Gasteiger partial charge in [0.2, 0.25) is 5.91 Å². The van der Waals surface area contributed by atoms with Crippen LogP contribution in [0.5, 0.6) is 0 Å². The van der Waals surface area contributed by atoms with Crippen LogP contribution in [0.15, 0.2) is 0 Å². The maximum absolute atomic E-state index is 11.1. The molecule has 0 atom stereocenters. The van der Waals surface area contributed by atoms with Crippen molar-refractivity contribution in [3.63, 3.8) is 0 Å². The van der Waals surface area contributed by atoms with Crippen LogP contribution in [0.25, 0.3) is 0 Å². The van der Waals surface area contributed by atoms with E-state index in [1.165, 1.54) is 0 Å². The van der Waals surface area contributed by atoms with Crippen LogP contribution in [-0.2, 0) is 23.8 Å². The van der Waals surface area contributed by atoms with Gasteiger partial charge < -0.3 is 31.7 Å². The van der Waals surface area contributed by atoms with Gasteiger partial charge in [-0.3, -0.25) is 4.79 Å². The van der Waals surface area contributed by atoms with Crippen LogP contribution in [0, 0.1) is 7.43 Å². The quantitative estimate of drug-likeness (QED) is 0.178. The molecule has 0 unspecified atom stereocenters. The smallest absolute Gasteiger partial charge is 0.377 e. The van der Waals surface area contributed by atoms with Crippen LogP contribution in [-0.4, -0.2) is 58.4 Å². The molecule has 0 aliphatic rings. The number of carbonyl (C=O) groups is 2. The van der Waals surface area contributed by atoms with E-state index in [0.717, 1.165) is 6.42 Å². The standard InChI is InChI=1S/C12H23NO5.CH3.K/c1-2-3-12(15)13-4-6-16-8-10-18-11-9-17-7-5-14;;/h5H,2-4,6-11H2,1H3,(H,13,15);1H3;/q;-1;+1. The summed E-state index contributed by atoms with van der Waals surface area (Å²) in [6.45, 7) is 4.91. The number of carbonyl (C=O) groups excluding carboxylic acids is 2. The van der Waals surface area contributed by atoms with Crippen molar-refractivity contribution in [2.75, 3.05) is 46.2 Å². The summed E-state index contributed by atoms with van der Waals surface area (Å²) in [5.74, 6) is 0.0599. The summed E-state index contributed by atoms with van der Waals surface area (Å²) in [4.78, 5) is 21.0. The zero-order valence-electron chi connectivity index (χ0n) is 13.0. The van der Waals surface area contributed by atoms with E-state index in [-0.39, 0.29) is 71.3 Å². The van der Waals surface area contributed by atoms with Gasteiger partial charge in [-0.1, -0.05) is 6.92 Å². The number of hydrogen-bond acceptors (Lipinski definition) is 5. The van der Waals surface area contributed by atoms with Crippen molar-refractivity contribution in [1.82, 2.24) is 5.32 Å². The van der Waals surface area contributed by atoms with Gasteiger partial charge in [-0.2, -0.15) is 0 Å². The van der Waals surface area contributed by atoms with Crippen LogP contribution in [0.1, 0.15) is 19.8 Å². The average Bonchev–Trinajstić information content (AvgIpc) is 2.36. The number of aldehydes is 1. The monoisotopic (exact) mass is 315 g/mol. The molecule has 0 radical (unpaired) electrons. The molecule has 7 heteroatoms. The Labute approximate surface area is 164 Å². The van der Waals surface area contributed by atoms with Gasteiger partial charge in [-0.05, 0) is 6.42 Å². The maximum atomic E-state index is 11.1. The molecular formula is C13H26KNO5. The molecule has 0 bridgehead atoms. The Morgan fingerprint density at radius 3 is 2.15 bits per heavy atom. The average molecular weight is 315 g/mol. The molecule has 1 N–H and O–H groups in total. The fourth-order valence-electron chi connectivity index (χ4n) is 1.15. The summed E-state index contributed by atoms with van der Waals surface area (Å²) in [6, 6.07) is 0. The number of amides is 1. The SMILES string of the molecule is CCCC(=O)NCCOCCOCCOCC=O.[CH3-].[K+]. The third-order valence-corrected chi connectivity index (χ3v) is 1.98. The van der Waals surface area contributed by atoms with Crippen LogP contribution < -0.4 is 56.7 Å². The largest absolute Gasteiger partial charge is 1.00 e. The van der Waals surface area contributed by atoms with Crippen LogP contribution in [0.4, 0.5) is 0 Å². The Morgan fingerprint density at radius 1 is 1.05 bits per heavy atom. The predicted octanol–water partition coefficient (Wildman–Crippen LogP) is -2.39. The normalized spacial score (nSPS) is 9.25. The van der Waals surface area contributed by atoms with Crippen LogP contribution in [0.3, 0.4) is 0 Å². The summed E-state index contributed by atoms with van der Waals surface area (Å²) in [7, 11) is 0. The first-order valence-electron chi connectivity index (χ1n) is 6.24. The molecule has 0 aliphatic heterocycles. The van der Waals surface area contributed by atoms with Gasteiger partial charge in [0.1, 0.15) is 12.9 Å². The summed E-state index contributed by atoms with van der Waals surface area (Å²) in [5, 5.41) is 2.75. The van der Waals surface area contributed by atoms with E-state index < -0.39 is 0 Å². The maximum Gasteiger partial charge on any atom is 1.00 e. The van der Waals surface area contributed by atoms with Gasteiger partial charge in [-0.15, -0.1) is 0 Å². The predicted molar refractivity (Wildman–Crippen MR) is 72.9 cm³/mol. The van der Waals surface area contributed by atoms with Gasteiger partial charge in [0.15, 0.2) is 0 Å². The van der Waals surface area contributed by atoms with Crippen LogP contribution >= 0.6 is 0 Å². The molecule has 0 aromatic carbocycles. The Balaban J connectivity index is -0.00000144. The minimum Gasteiger partial charge on any atom is -0.377 e. The molecule has 0 aromatic rings. The molecule has 1 amide bonds. The summed E-state index contributed by atoms with van der Waals surface area (Å²) in [6.07, 6.45) is 2.12. The summed E-state index contributed by atoms with van der Waals surface area (Å²) in [5.41, 5.74) is 0. The second-order valence-corrected chi connectivity index (χ2v) is 3.57. The van der Waals surface area contributed by atoms with Crippen molar-refractivity contribution in [3.8, 4) is 0 Å². The molecule has 0 spiro atoms. The van der Waals surface area contributed by atoms with E-state index in [0.29, 0.717) is 52.3 Å². The second-order valence-electron chi connectivity index (χ2n) is 3.57. The molecule has 20 heavy (non-hydrogen) atoms. The summed E-state index contributed by atoms with van der Waals surface area (Å²) >= 11 is 0. The number of hydrogen-bond donors (Lipinski definition) is 1. The van der Waals surface area contributed by atoms with Gasteiger partial charge in [0.05, 0.1) is 33.0 Å². The van der Waals surface area contributed by atoms with E-state index in [2.05, 4.69) is 5.32 Å². The van der Waals surface area contributed by atoms with E-state index in [9.17, 15) is 9.59 Å². The van der Waals surface area contributed by atoms with Gasteiger partial charge in [0, 0.05) is 13.0 Å². The molecule has 114 valence electrons. The second kappa shape index (κ2) is 21.9. The Bertz CT molecular complexity index is 217. The van der Waals surface area contributed by atoms with Crippen molar-refractivity contribution >= 4 is 12.2 Å². The van der Waals surface area contributed by atoms with Crippen molar-refractivity contribution in [2.24, 2.45) is 0 Å². The number of ether oxygens (including phenoxy) is 3. The van der Waals surface area contributed by atoms with E-state index in [1.807, 2.05) is 6.92 Å². The fourth-order valence-corrected chi connectivity index (χ4v) is 1.15. The molecule has 0 aromatic heterocycles. The van der Waals surface area contributed by atoms with Crippen molar-refractivity contribution < 1.29 is 75.2 Å². The third kappa shape index (κ3) is 21.0. The fraction of sp³-hybridized carbons (Fsp3) is 0.769. The zero-order chi connectivity index (χ0) is 13.5. The molecule has 0 saturated carbocycles. The molecular weight excluding hydrogens is 289 g/mol. The van der Waals surface area contributed by atoms with Crippen molar-refractivity contribution in [1.29, 1.82) is 0 Å². The minimum absolute atomic E-state index is 0. The Hall–Kier alpha value is 0.656. The van der Waals surface area contributed by atoms with Crippen molar-refractivity contribution in [2.45, 2.75) is 19.8 Å². The van der Waals surface area contributed by atoms with E-state index >= 15 is 0 Å². The van der Waals surface area contributed by atoms with E-state index in [1.54, 1.807) is 0 Å². The topological polar surface area (TPSA) is 73.9 Å². The van der Waals surface area contributed by atoms with Crippen LogP contribution in [0.2, 0.25) is 0 Å². The molecule has 0 aliphatic carbocycles. The molecule has 0 saturated heterocycles. The number of nitrogens with one attached hydrogen (secondary N) is 1. The molecule has 0 fully saturated rings. The van der Waals surface area contributed by atoms with Gasteiger partial charge >= 0.3 is 51.4 Å². The Morgan fingerprint density at radius 2 is 1.60 bits per heavy atom. The molecule has 0 heterocycles. The first-order chi connectivity index (χ1) is 8.81.